The van der Waals surface area contributed by atoms with Crippen molar-refractivity contribution in [1.29, 1.82) is 0 Å². The maximum absolute atomic E-state index is 12.5. The molecule has 2 unspecified atom stereocenters. The summed E-state index contributed by atoms with van der Waals surface area (Å²) in [4.78, 5) is 12.8. The lowest BCUT2D eigenvalue weighted by atomic mass is 9.80. The molecule has 3 rings (SSSR count). The van der Waals surface area contributed by atoms with Crippen LogP contribution in [0.1, 0.15) is 44.1 Å². The Hall–Kier alpha value is -1.36. The number of hydrogen-bond acceptors (Lipinski definition) is 4. The maximum atomic E-state index is 12.5. The topological polar surface area (TPSA) is 60.4 Å². The van der Waals surface area contributed by atoms with Crippen LogP contribution in [-0.4, -0.2) is 27.8 Å². The molecule has 0 bridgehead atoms. The molecule has 2 fully saturated rings. The first-order valence-electron chi connectivity index (χ1n) is 8.28. The highest BCUT2D eigenvalue weighted by atomic mass is 32.2. The van der Waals surface area contributed by atoms with Crippen molar-refractivity contribution < 1.29 is 17.9 Å². The zero-order chi connectivity index (χ0) is 16.7. The molecular weight excluding hydrogens is 312 g/mol. The molecule has 0 radical (unpaired) electrons. The lowest BCUT2D eigenvalue weighted by Gasteiger charge is -2.25. The van der Waals surface area contributed by atoms with Crippen molar-refractivity contribution in [3.05, 3.63) is 29.8 Å². The van der Waals surface area contributed by atoms with Crippen LogP contribution in [0.2, 0.25) is 0 Å². The Morgan fingerprint density at radius 3 is 2.26 bits per heavy atom. The van der Waals surface area contributed by atoms with Gasteiger partial charge < -0.3 is 4.74 Å². The van der Waals surface area contributed by atoms with E-state index in [1.54, 1.807) is 24.3 Å². The molecule has 1 aromatic carbocycles. The molecular formula is C18H24O4S. The molecule has 0 N–H and O–H groups in total. The molecule has 23 heavy (non-hydrogen) atoms. The van der Waals surface area contributed by atoms with Gasteiger partial charge in [-0.1, -0.05) is 44.2 Å². The van der Waals surface area contributed by atoms with Gasteiger partial charge in [0.15, 0.2) is 9.84 Å². The van der Waals surface area contributed by atoms with Crippen molar-refractivity contribution in [3.8, 4) is 0 Å². The molecule has 0 aliphatic heterocycles. The zero-order valence-electron chi connectivity index (χ0n) is 13.7. The summed E-state index contributed by atoms with van der Waals surface area (Å²) in [7, 11) is -1.78. The molecule has 2 atom stereocenters. The van der Waals surface area contributed by atoms with Gasteiger partial charge in [0.25, 0.3) is 0 Å². The second kappa shape index (κ2) is 5.93. The number of benzene rings is 1. The number of sulfone groups is 1. The van der Waals surface area contributed by atoms with E-state index in [4.69, 9.17) is 4.74 Å². The number of carbonyl (C=O) groups excluding carboxylic acids is 1. The Bertz CT molecular complexity index is 686. The highest BCUT2D eigenvalue weighted by molar-refractivity contribution is 7.90. The fraction of sp³-hybridized carbons (Fsp3) is 0.611. The first kappa shape index (κ1) is 16.5. The Kier molecular flexibility index (Phi) is 4.25. The van der Waals surface area contributed by atoms with E-state index in [-0.39, 0.29) is 10.9 Å². The summed E-state index contributed by atoms with van der Waals surface area (Å²) in [5.41, 5.74) is 0.333. The van der Waals surface area contributed by atoms with Gasteiger partial charge in [0.05, 0.1) is 17.4 Å². The summed E-state index contributed by atoms with van der Waals surface area (Å²) < 4.78 is 28.3. The molecule has 0 saturated heterocycles. The third-order valence-corrected chi connectivity index (χ3v) is 6.71. The van der Waals surface area contributed by atoms with Gasteiger partial charge in [0, 0.05) is 6.26 Å². The Labute approximate surface area is 138 Å². The highest BCUT2D eigenvalue weighted by Crippen LogP contribution is 2.61. The molecule has 0 amide bonds. The molecule has 0 aromatic heterocycles. The van der Waals surface area contributed by atoms with E-state index >= 15 is 0 Å². The second-order valence-corrected chi connectivity index (χ2v) is 8.98. The van der Waals surface area contributed by atoms with E-state index in [0.29, 0.717) is 11.8 Å². The van der Waals surface area contributed by atoms with E-state index in [9.17, 15) is 13.2 Å². The van der Waals surface area contributed by atoms with Crippen LogP contribution < -0.4 is 0 Å². The molecule has 0 heterocycles. The SMILES string of the molecule is COC(=O)C1(c2ccc(S(C)(=O)=O)cc2)CC1C1CCCCC1. The Morgan fingerprint density at radius 2 is 1.74 bits per heavy atom. The van der Waals surface area contributed by atoms with Gasteiger partial charge >= 0.3 is 5.97 Å². The minimum atomic E-state index is -3.22. The van der Waals surface area contributed by atoms with E-state index in [1.165, 1.54) is 45.5 Å². The van der Waals surface area contributed by atoms with Crippen LogP contribution >= 0.6 is 0 Å². The quantitative estimate of drug-likeness (QED) is 0.793. The number of esters is 1. The van der Waals surface area contributed by atoms with Crippen molar-refractivity contribution in [1.82, 2.24) is 0 Å². The monoisotopic (exact) mass is 336 g/mol. The lowest BCUT2D eigenvalue weighted by molar-refractivity contribution is -0.144. The van der Waals surface area contributed by atoms with Crippen molar-refractivity contribution in [2.45, 2.75) is 48.8 Å². The van der Waals surface area contributed by atoms with E-state index in [2.05, 4.69) is 0 Å². The number of ether oxygens (including phenoxy) is 1. The summed E-state index contributed by atoms with van der Waals surface area (Å²) in [6, 6.07) is 6.78. The molecule has 126 valence electrons. The smallest absolute Gasteiger partial charge is 0.316 e. The van der Waals surface area contributed by atoms with Crippen molar-refractivity contribution in [2.24, 2.45) is 11.8 Å². The lowest BCUT2D eigenvalue weighted by Crippen LogP contribution is -2.27. The van der Waals surface area contributed by atoms with Crippen molar-refractivity contribution >= 4 is 15.8 Å². The van der Waals surface area contributed by atoms with Crippen molar-refractivity contribution in [2.75, 3.05) is 13.4 Å². The fourth-order valence-electron chi connectivity index (χ4n) is 4.26. The molecule has 2 aliphatic carbocycles. The Morgan fingerprint density at radius 1 is 1.13 bits per heavy atom. The van der Waals surface area contributed by atoms with Gasteiger partial charge in [-0.2, -0.15) is 0 Å². The van der Waals surface area contributed by atoms with Crippen LogP contribution in [0.15, 0.2) is 29.2 Å². The molecule has 5 heteroatoms. The fourth-order valence-corrected chi connectivity index (χ4v) is 4.89. The van der Waals surface area contributed by atoms with Crippen LogP contribution in [0.3, 0.4) is 0 Å². The molecule has 0 spiro atoms. The van der Waals surface area contributed by atoms with Gasteiger partial charge in [-0.05, 0) is 36.0 Å². The third kappa shape index (κ3) is 2.91. The molecule has 2 aliphatic rings. The van der Waals surface area contributed by atoms with Gasteiger partial charge in [-0.15, -0.1) is 0 Å². The summed E-state index contributed by atoms with van der Waals surface area (Å²) in [6.07, 6.45) is 8.16. The number of rotatable bonds is 4. The number of hydrogen-bond donors (Lipinski definition) is 0. The van der Waals surface area contributed by atoms with Crippen LogP contribution in [0.5, 0.6) is 0 Å². The van der Waals surface area contributed by atoms with E-state index in [0.717, 1.165) is 12.0 Å². The van der Waals surface area contributed by atoms with Crippen LogP contribution in [-0.2, 0) is 24.8 Å². The first-order chi connectivity index (χ1) is 10.9. The van der Waals surface area contributed by atoms with Gasteiger partial charge in [0.2, 0.25) is 0 Å². The third-order valence-electron chi connectivity index (χ3n) is 5.58. The van der Waals surface area contributed by atoms with E-state index < -0.39 is 15.3 Å². The predicted molar refractivity (Wildman–Crippen MR) is 87.9 cm³/mol. The zero-order valence-corrected chi connectivity index (χ0v) is 14.6. The largest absolute Gasteiger partial charge is 0.468 e. The first-order valence-corrected chi connectivity index (χ1v) is 10.2. The standard InChI is InChI=1S/C18H24O4S/c1-22-17(19)18(12-16(18)13-6-4-3-5-7-13)14-8-10-15(11-9-14)23(2,20)21/h8-11,13,16H,3-7,12H2,1-2H3. The van der Waals surface area contributed by atoms with Gasteiger partial charge in [0.1, 0.15) is 0 Å². The summed E-state index contributed by atoms with van der Waals surface area (Å²) in [5.74, 6) is 0.733. The predicted octanol–water partition coefficient (Wildman–Crippen LogP) is 3.10. The summed E-state index contributed by atoms with van der Waals surface area (Å²) in [5, 5.41) is 0. The summed E-state index contributed by atoms with van der Waals surface area (Å²) in [6.45, 7) is 0. The maximum Gasteiger partial charge on any atom is 0.316 e. The normalized spacial score (nSPS) is 28.3. The molecule has 4 nitrogen and oxygen atoms in total. The highest BCUT2D eigenvalue weighted by Gasteiger charge is 2.64. The van der Waals surface area contributed by atoms with Gasteiger partial charge in [-0.25, -0.2) is 8.42 Å². The average molecular weight is 336 g/mol. The minimum absolute atomic E-state index is 0.180. The molecule has 1 aromatic rings. The van der Waals surface area contributed by atoms with Gasteiger partial charge in [-0.3, -0.25) is 4.79 Å². The van der Waals surface area contributed by atoms with Crippen LogP contribution in [0.4, 0.5) is 0 Å². The second-order valence-electron chi connectivity index (χ2n) is 6.97. The summed E-state index contributed by atoms with van der Waals surface area (Å²) >= 11 is 0. The Balaban J connectivity index is 1.90. The van der Waals surface area contributed by atoms with E-state index in [1.807, 2.05) is 0 Å². The number of carbonyl (C=O) groups is 1. The van der Waals surface area contributed by atoms with Crippen LogP contribution in [0.25, 0.3) is 0 Å². The molecule has 2 saturated carbocycles. The number of methoxy groups -OCH3 is 1. The van der Waals surface area contributed by atoms with Crippen LogP contribution in [0, 0.1) is 11.8 Å². The van der Waals surface area contributed by atoms with Crippen molar-refractivity contribution in [3.63, 3.8) is 0 Å². The average Bonchev–Trinajstić information content (AvgIpc) is 3.31. The minimum Gasteiger partial charge on any atom is -0.468 e.